The first-order valence-corrected chi connectivity index (χ1v) is 19.2. The molecule has 4 heterocycles. The average Bonchev–Trinajstić information content (AvgIpc) is 3.80. The van der Waals surface area contributed by atoms with E-state index in [4.69, 9.17) is 4.74 Å². The molecule has 14 heteroatoms. The summed E-state index contributed by atoms with van der Waals surface area (Å²) in [7, 11) is 0. The van der Waals surface area contributed by atoms with Crippen molar-refractivity contribution in [2.75, 3.05) is 45.9 Å². The largest absolute Gasteiger partial charge is 0.379 e. The Kier molecular flexibility index (Phi) is 13.1. The molecular weight excluding hydrogens is 675 g/mol. The zero-order valence-corrected chi connectivity index (χ0v) is 31.0. The van der Waals surface area contributed by atoms with Gasteiger partial charge in [0.15, 0.2) is 0 Å². The molecule has 0 aliphatic carbocycles. The summed E-state index contributed by atoms with van der Waals surface area (Å²) in [4.78, 5) is 67.4. The van der Waals surface area contributed by atoms with Gasteiger partial charge in [-0.2, -0.15) is 0 Å². The number of thiazole rings is 2. The number of hydrogen-bond donors (Lipinski definition) is 3. The van der Waals surface area contributed by atoms with Crippen molar-refractivity contribution >= 4 is 46.3 Å². The van der Waals surface area contributed by atoms with Gasteiger partial charge in [-0.15, -0.1) is 22.7 Å². The highest BCUT2D eigenvalue weighted by atomic mass is 32.1. The molecule has 0 saturated carbocycles. The molecule has 1 saturated heterocycles. The highest BCUT2D eigenvalue weighted by Gasteiger charge is 2.38. The number of amides is 4. The number of nitrogens with one attached hydrogen (secondary N) is 3. The number of fused-ring (bicyclic) bond motifs is 4. The predicted octanol–water partition coefficient (Wildman–Crippen LogP) is 4.37. The molecule has 12 nitrogen and oxygen atoms in total. The van der Waals surface area contributed by atoms with E-state index < -0.39 is 11.6 Å². The molecule has 0 radical (unpaired) electrons. The van der Waals surface area contributed by atoms with E-state index in [2.05, 4.69) is 44.7 Å². The molecule has 3 N–H and O–H groups in total. The number of benzene rings is 1. The molecule has 2 aliphatic heterocycles. The van der Waals surface area contributed by atoms with Crippen LogP contribution in [0.3, 0.4) is 0 Å². The lowest BCUT2D eigenvalue weighted by Crippen LogP contribution is -2.59. The summed E-state index contributed by atoms with van der Waals surface area (Å²) >= 11 is 2.67. The maximum atomic E-state index is 14.0. The maximum Gasteiger partial charge on any atom is 0.271 e. The van der Waals surface area contributed by atoms with Gasteiger partial charge in [0.2, 0.25) is 11.8 Å². The summed E-state index contributed by atoms with van der Waals surface area (Å²) in [6, 6.07) is 8.97. The van der Waals surface area contributed by atoms with Crippen LogP contribution >= 0.6 is 22.7 Å². The van der Waals surface area contributed by atoms with E-state index in [9.17, 15) is 19.2 Å². The monoisotopic (exact) mass is 723 g/mol. The molecule has 0 spiro atoms. The van der Waals surface area contributed by atoms with E-state index in [-0.39, 0.29) is 53.4 Å². The third-order valence-corrected chi connectivity index (χ3v) is 11.0. The van der Waals surface area contributed by atoms with E-state index in [0.29, 0.717) is 81.6 Å². The molecule has 3 aromatic rings. The van der Waals surface area contributed by atoms with Crippen LogP contribution in [0.2, 0.25) is 0 Å². The molecule has 50 heavy (non-hydrogen) atoms. The molecular formula is C36H49N7O5S2. The van der Waals surface area contributed by atoms with Gasteiger partial charge in [-0.05, 0) is 51.0 Å². The Bertz CT molecular complexity index is 1600. The van der Waals surface area contributed by atoms with Crippen molar-refractivity contribution in [3.05, 3.63) is 68.1 Å². The molecule has 270 valence electrons. The van der Waals surface area contributed by atoms with Gasteiger partial charge in [0.25, 0.3) is 11.8 Å². The van der Waals surface area contributed by atoms with E-state index in [1.807, 2.05) is 49.1 Å². The lowest BCUT2D eigenvalue weighted by atomic mass is 9.99. The fraction of sp³-hybridized carbons (Fsp3) is 0.556. The third kappa shape index (κ3) is 9.95. The van der Waals surface area contributed by atoms with Crippen molar-refractivity contribution < 1.29 is 23.9 Å². The molecule has 2 atom stereocenters. The Morgan fingerprint density at radius 2 is 1.54 bits per heavy atom. The number of rotatable bonds is 6. The van der Waals surface area contributed by atoms with E-state index >= 15 is 0 Å². The molecule has 2 aliphatic rings. The SMILES string of the molecule is CC(C)C[C@@H]1NC(=O)CCCN(C(=O)C(C)(C)N2CCOCC2)CCCNC(=O)c2csc(n2)[C@H](Cc2ccccc2)NC(=O)c2csc1n2. The first-order valence-electron chi connectivity index (χ1n) is 17.5. The molecule has 4 amide bonds. The van der Waals surface area contributed by atoms with E-state index in [0.717, 1.165) is 5.56 Å². The van der Waals surface area contributed by atoms with Crippen LogP contribution in [-0.4, -0.2) is 94.9 Å². The van der Waals surface area contributed by atoms with Crippen LogP contribution in [0, 0.1) is 5.92 Å². The Morgan fingerprint density at radius 3 is 2.22 bits per heavy atom. The fourth-order valence-corrected chi connectivity index (χ4v) is 8.01. The van der Waals surface area contributed by atoms with Gasteiger partial charge >= 0.3 is 0 Å². The quantitative estimate of drug-likeness (QED) is 0.340. The average molecular weight is 724 g/mol. The second-order valence-electron chi connectivity index (χ2n) is 13.8. The first kappa shape index (κ1) is 37.5. The van der Waals surface area contributed by atoms with Crippen LogP contribution < -0.4 is 16.0 Å². The smallest absolute Gasteiger partial charge is 0.271 e. The second kappa shape index (κ2) is 17.5. The Balaban J connectivity index is 1.40. The van der Waals surface area contributed by atoms with Crippen molar-refractivity contribution in [3.63, 3.8) is 0 Å². The van der Waals surface area contributed by atoms with Crippen LogP contribution in [0.25, 0.3) is 0 Å². The minimum atomic E-state index is -0.745. The molecule has 2 aromatic heterocycles. The highest BCUT2D eigenvalue weighted by Crippen LogP contribution is 2.27. The number of carbonyl (C=O) groups is 4. The number of nitrogens with zero attached hydrogens (tertiary/aromatic N) is 4. The highest BCUT2D eigenvalue weighted by molar-refractivity contribution is 7.10. The summed E-state index contributed by atoms with van der Waals surface area (Å²) < 4.78 is 5.52. The summed E-state index contributed by atoms with van der Waals surface area (Å²) in [6.45, 7) is 11.7. The van der Waals surface area contributed by atoms with Gasteiger partial charge < -0.3 is 25.6 Å². The normalized spacial score (nSPS) is 20.8. The first-order chi connectivity index (χ1) is 24.0. The lowest BCUT2D eigenvalue weighted by molar-refractivity contribution is -0.146. The summed E-state index contributed by atoms with van der Waals surface area (Å²) in [5.74, 6) is -0.524. The number of morpholine rings is 1. The fourth-order valence-electron chi connectivity index (χ4n) is 6.30. The van der Waals surface area contributed by atoms with Crippen molar-refractivity contribution in [3.8, 4) is 0 Å². The molecule has 4 bridgehead atoms. The molecule has 5 rings (SSSR count). The summed E-state index contributed by atoms with van der Waals surface area (Å²) in [5.41, 5.74) is 0.815. The van der Waals surface area contributed by atoms with Crippen LogP contribution in [0.5, 0.6) is 0 Å². The van der Waals surface area contributed by atoms with Gasteiger partial charge in [0.05, 0.1) is 30.8 Å². The van der Waals surface area contributed by atoms with E-state index in [1.165, 1.54) is 22.7 Å². The van der Waals surface area contributed by atoms with Gasteiger partial charge in [-0.3, -0.25) is 24.1 Å². The van der Waals surface area contributed by atoms with Gasteiger partial charge in [0, 0.05) is 49.9 Å². The summed E-state index contributed by atoms with van der Waals surface area (Å²) in [5, 5.41) is 13.9. The number of aromatic nitrogens is 2. The van der Waals surface area contributed by atoms with Crippen LogP contribution in [0.1, 0.15) is 102 Å². The third-order valence-electron chi connectivity index (χ3n) is 9.07. The lowest BCUT2D eigenvalue weighted by Gasteiger charge is -2.42. The van der Waals surface area contributed by atoms with Crippen LogP contribution in [0.15, 0.2) is 41.1 Å². The van der Waals surface area contributed by atoms with Crippen molar-refractivity contribution in [2.45, 2.75) is 77.4 Å². The number of carbonyl (C=O) groups excluding carboxylic acids is 4. The van der Waals surface area contributed by atoms with E-state index in [1.54, 1.807) is 10.8 Å². The topological polar surface area (TPSA) is 146 Å². The Labute approximate surface area is 302 Å². The molecule has 1 fully saturated rings. The molecule has 0 unspecified atom stereocenters. The Hall–Kier alpha value is -3.72. The van der Waals surface area contributed by atoms with Gasteiger partial charge in [-0.25, -0.2) is 9.97 Å². The minimum absolute atomic E-state index is 0.0108. The zero-order chi connectivity index (χ0) is 35.7. The van der Waals surface area contributed by atoms with Crippen LogP contribution in [0.4, 0.5) is 0 Å². The van der Waals surface area contributed by atoms with Crippen molar-refractivity contribution in [2.24, 2.45) is 5.92 Å². The zero-order valence-electron chi connectivity index (χ0n) is 29.4. The van der Waals surface area contributed by atoms with Gasteiger partial charge in [-0.1, -0.05) is 44.2 Å². The number of hydrogen-bond acceptors (Lipinski definition) is 10. The second-order valence-corrected chi connectivity index (χ2v) is 15.6. The molecule has 1 aromatic carbocycles. The van der Waals surface area contributed by atoms with Crippen molar-refractivity contribution in [1.82, 2.24) is 35.7 Å². The summed E-state index contributed by atoms with van der Waals surface area (Å²) in [6.07, 6.45) is 2.40. The van der Waals surface area contributed by atoms with Gasteiger partial charge in [0.1, 0.15) is 21.4 Å². The van der Waals surface area contributed by atoms with Crippen LogP contribution in [-0.2, 0) is 20.7 Å². The predicted molar refractivity (Wildman–Crippen MR) is 194 cm³/mol. The Morgan fingerprint density at radius 1 is 0.900 bits per heavy atom. The number of ether oxygens (including phenoxy) is 1. The minimum Gasteiger partial charge on any atom is -0.379 e. The van der Waals surface area contributed by atoms with Crippen molar-refractivity contribution in [1.29, 1.82) is 0 Å². The standard InChI is InChI=1S/C36H49N7O5S2/c1-24(2)20-26-33-41-29(23-50-33)32(46)39-27(21-25-10-6-5-7-11-25)34-40-28(22-49-34)31(45)37-13-9-15-42(14-8-12-30(44)38-26)35(47)36(3,4)43-16-18-48-19-17-43/h5-7,10-11,22-24,26-27H,8-9,12-21H2,1-4H3,(H,37,45)(H,38,44)(H,39,46)/t26-,27-/m0/s1. The maximum absolute atomic E-state index is 14.0.